The third kappa shape index (κ3) is 4.87. The molecule has 10 aromatic rings. The van der Waals surface area contributed by atoms with Gasteiger partial charge in [0.2, 0.25) is 0 Å². The molecule has 0 amide bonds. The minimum absolute atomic E-state index is 0.0721. The van der Waals surface area contributed by atoms with Crippen LogP contribution in [0, 0.1) is 0 Å². The lowest BCUT2D eigenvalue weighted by Crippen LogP contribution is -2.10. The van der Waals surface area contributed by atoms with Crippen molar-refractivity contribution in [1.29, 1.82) is 0 Å². The first-order valence-electron chi connectivity index (χ1n) is 18.7. The SMILES string of the molecule is CC(C)(C)c1ccc2c(c1)c1cc(C(C)(C)C)ccc1n2-c1ccc(-c2ccc(-n3c4ccccc4c4ccc5c6ccccc6oc5c43)cc2)cc1. The minimum Gasteiger partial charge on any atom is -0.454 e. The van der Waals surface area contributed by atoms with E-state index < -0.39 is 0 Å². The topological polar surface area (TPSA) is 23.0 Å². The highest BCUT2D eigenvalue weighted by atomic mass is 16.3. The molecular formula is C50H42N2O. The molecule has 7 aromatic carbocycles. The van der Waals surface area contributed by atoms with Crippen molar-refractivity contribution in [3.63, 3.8) is 0 Å². The van der Waals surface area contributed by atoms with Crippen LogP contribution in [0.4, 0.5) is 0 Å². The number of benzene rings is 7. The van der Waals surface area contributed by atoms with Crippen LogP contribution in [0.25, 0.3) is 88.1 Å². The van der Waals surface area contributed by atoms with E-state index in [4.69, 9.17) is 4.42 Å². The first-order valence-corrected chi connectivity index (χ1v) is 18.7. The van der Waals surface area contributed by atoms with Gasteiger partial charge in [-0.05, 0) is 99.8 Å². The fourth-order valence-electron chi connectivity index (χ4n) is 8.34. The van der Waals surface area contributed by atoms with Crippen molar-refractivity contribution in [2.24, 2.45) is 0 Å². The summed E-state index contributed by atoms with van der Waals surface area (Å²) in [7, 11) is 0. The maximum Gasteiger partial charge on any atom is 0.160 e. The number of fused-ring (bicyclic) bond motifs is 10. The fourth-order valence-corrected chi connectivity index (χ4v) is 8.34. The number of furan rings is 1. The molecule has 0 fully saturated rings. The van der Waals surface area contributed by atoms with Crippen LogP contribution in [-0.2, 0) is 10.8 Å². The van der Waals surface area contributed by atoms with Crippen LogP contribution >= 0.6 is 0 Å². The maximum atomic E-state index is 6.56. The molecule has 258 valence electrons. The number of hydrogen-bond donors (Lipinski definition) is 0. The molecule has 0 aliphatic rings. The van der Waals surface area contributed by atoms with Gasteiger partial charge in [-0.1, -0.05) is 120 Å². The van der Waals surface area contributed by atoms with E-state index in [1.165, 1.54) is 60.3 Å². The van der Waals surface area contributed by atoms with Crippen LogP contribution < -0.4 is 0 Å². The molecule has 0 radical (unpaired) electrons. The third-order valence-corrected chi connectivity index (χ3v) is 11.3. The second-order valence-electron chi connectivity index (χ2n) is 16.7. The molecule has 3 nitrogen and oxygen atoms in total. The van der Waals surface area contributed by atoms with Crippen LogP contribution in [0.15, 0.2) is 150 Å². The molecular weight excluding hydrogens is 645 g/mol. The fraction of sp³-hybridized carbons (Fsp3) is 0.160. The van der Waals surface area contributed by atoms with Crippen molar-refractivity contribution in [2.45, 2.75) is 52.4 Å². The Morgan fingerprint density at radius 1 is 0.396 bits per heavy atom. The van der Waals surface area contributed by atoms with E-state index in [1.807, 2.05) is 6.07 Å². The summed E-state index contributed by atoms with van der Waals surface area (Å²) in [6, 6.07) is 53.5. The molecule has 0 spiro atoms. The van der Waals surface area contributed by atoms with E-state index in [0.29, 0.717) is 0 Å². The highest BCUT2D eigenvalue weighted by Gasteiger charge is 2.22. The van der Waals surface area contributed by atoms with Crippen LogP contribution in [-0.4, -0.2) is 9.13 Å². The summed E-state index contributed by atoms with van der Waals surface area (Å²) in [5, 5.41) is 7.32. The van der Waals surface area contributed by atoms with E-state index in [2.05, 4.69) is 190 Å². The standard InChI is InChI=1S/C50H42N2O/c1-49(2,3)33-19-27-44-41(29-33)42-30-34(50(4,5)6)20-28-45(42)51(44)35-21-15-31(16-22-35)32-17-23-36(24-18-32)52-43-13-9-7-11-37(43)39-25-26-40-38-12-8-10-14-46(38)53-48(40)47(39)52/h7-30H,1-6H3. The van der Waals surface area contributed by atoms with Gasteiger partial charge in [0.15, 0.2) is 5.58 Å². The Morgan fingerprint density at radius 2 is 0.887 bits per heavy atom. The van der Waals surface area contributed by atoms with Crippen molar-refractivity contribution in [2.75, 3.05) is 0 Å². The number of rotatable bonds is 3. The molecule has 0 saturated carbocycles. The van der Waals surface area contributed by atoms with Gasteiger partial charge in [-0.3, -0.25) is 0 Å². The molecule has 0 saturated heterocycles. The number of hydrogen-bond acceptors (Lipinski definition) is 1. The van der Waals surface area contributed by atoms with Gasteiger partial charge in [0.1, 0.15) is 5.58 Å². The van der Waals surface area contributed by atoms with Gasteiger partial charge in [-0.2, -0.15) is 0 Å². The predicted octanol–water partition coefficient (Wildman–Crippen LogP) is 14.0. The van der Waals surface area contributed by atoms with Crippen molar-refractivity contribution in [1.82, 2.24) is 9.13 Å². The van der Waals surface area contributed by atoms with Crippen LogP contribution in [0.3, 0.4) is 0 Å². The van der Waals surface area contributed by atoms with Gasteiger partial charge in [0, 0.05) is 43.7 Å². The normalized spacial score (nSPS) is 12.7. The zero-order valence-electron chi connectivity index (χ0n) is 31.2. The van der Waals surface area contributed by atoms with Crippen LogP contribution in [0.2, 0.25) is 0 Å². The Kier molecular flexibility index (Phi) is 6.70. The number of para-hydroxylation sites is 2. The summed E-state index contributed by atoms with van der Waals surface area (Å²) >= 11 is 0. The average molecular weight is 687 g/mol. The predicted molar refractivity (Wildman–Crippen MR) is 225 cm³/mol. The quantitative estimate of drug-likeness (QED) is 0.181. The highest BCUT2D eigenvalue weighted by molar-refractivity contribution is 6.21. The van der Waals surface area contributed by atoms with Gasteiger partial charge in [0.05, 0.1) is 22.1 Å². The molecule has 0 bridgehead atoms. The monoisotopic (exact) mass is 686 g/mol. The van der Waals surface area contributed by atoms with Crippen LogP contribution in [0.5, 0.6) is 0 Å². The van der Waals surface area contributed by atoms with E-state index in [0.717, 1.165) is 38.8 Å². The summed E-state index contributed by atoms with van der Waals surface area (Å²) in [6.07, 6.45) is 0. The second-order valence-corrected chi connectivity index (χ2v) is 16.7. The minimum atomic E-state index is 0.0721. The zero-order chi connectivity index (χ0) is 36.2. The first kappa shape index (κ1) is 31.7. The third-order valence-electron chi connectivity index (χ3n) is 11.3. The van der Waals surface area contributed by atoms with Crippen molar-refractivity contribution in [3.05, 3.63) is 157 Å². The Bertz CT molecular complexity index is 2970. The Hall–Kier alpha value is -6.06. The first-order chi connectivity index (χ1) is 25.5. The molecule has 3 heteroatoms. The molecule has 3 heterocycles. The highest BCUT2D eigenvalue weighted by Crippen LogP contribution is 2.41. The van der Waals surface area contributed by atoms with Gasteiger partial charge >= 0.3 is 0 Å². The van der Waals surface area contributed by atoms with Crippen molar-refractivity contribution >= 4 is 65.6 Å². The van der Waals surface area contributed by atoms with Crippen molar-refractivity contribution < 1.29 is 4.42 Å². The lowest BCUT2D eigenvalue weighted by molar-refractivity contribution is 0.590. The molecule has 0 atom stereocenters. The largest absolute Gasteiger partial charge is 0.454 e. The number of nitrogens with zero attached hydrogens (tertiary/aromatic N) is 2. The molecule has 3 aromatic heterocycles. The maximum absolute atomic E-state index is 6.56. The number of aromatic nitrogens is 2. The zero-order valence-corrected chi connectivity index (χ0v) is 31.2. The summed E-state index contributed by atoms with van der Waals surface area (Å²) in [6.45, 7) is 13.8. The Morgan fingerprint density at radius 3 is 1.47 bits per heavy atom. The van der Waals surface area contributed by atoms with Gasteiger partial charge in [-0.25, -0.2) is 0 Å². The van der Waals surface area contributed by atoms with Gasteiger partial charge in [-0.15, -0.1) is 0 Å². The summed E-state index contributed by atoms with van der Waals surface area (Å²) < 4.78 is 11.4. The van der Waals surface area contributed by atoms with E-state index >= 15 is 0 Å². The summed E-state index contributed by atoms with van der Waals surface area (Å²) in [5.74, 6) is 0. The molecule has 0 aliphatic heterocycles. The smallest absolute Gasteiger partial charge is 0.160 e. The van der Waals surface area contributed by atoms with Crippen LogP contribution in [0.1, 0.15) is 52.7 Å². The van der Waals surface area contributed by atoms with E-state index in [1.54, 1.807) is 0 Å². The second kappa shape index (κ2) is 11.2. The van der Waals surface area contributed by atoms with Gasteiger partial charge in [0.25, 0.3) is 0 Å². The Labute approximate surface area is 309 Å². The average Bonchev–Trinajstić information content (AvgIpc) is 3.81. The molecule has 53 heavy (non-hydrogen) atoms. The Balaban J connectivity index is 1.07. The van der Waals surface area contributed by atoms with Crippen molar-refractivity contribution in [3.8, 4) is 22.5 Å². The van der Waals surface area contributed by atoms with E-state index in [9.17, 15) is 0 Å². The van der Waals surface area contributed by atoms with E-state index in [-0.39, 0.29) is 10.8 Å². The summed E-state index contributed by atoms with van der Waals surface area (Å²) in [4.78, 5) is 0. The molecule has 0 unspecified atom stereocenters. The molecule has 0 aliphatic carbocycles. The molecule has 0 N–H and O–H groups in total. The lowest BCUT2D eigenvalue weighted by atomic mass is 9.85. The lowest BCUT2D eigenvalue weighted by Gasteiger charge is -2.19. The van der Waals surface area contributed by atoms with Gasteiger partial charge < -0.3 is 13.6 Å². The summed E-state index contributed by atoms with van der Waals surface area (Å²) in [5.41, 5.74) is 14.1. The molecule has 10 rings (SSSR count).